The van der Waals surface area contributed by atoms with E-state index < -0.39 is 5.51 Å². The maximum atomic E-state index is 11.8. The van der Waals surface area contributed by atoms with Gasteiger partial charge in [-0.1, -0.05) is 0 Å². The molecule has 0 radical (unpaired) electrons. The van der Waals surface area contributed by atoms with Crippen molar-refractivity contribution in [3.8, 4) is 0 Å². The summed E-state index contributed by atoms with van der Waals surface area (Å²) in [5.74, 6) is 0.00117. The lowest BCUT2D eigenvalue weighted by molar-refractivity contribution is -0.0327. The number of anilines is 1. The van der Waals surface area contributed by atoms with Crippen molar-refractivity contribution in [2.45, 2.75) is 19.4 Å². The summed E-state index contributed by atoms with van der Waals surface area (Å²) in [4.78, 5) is 5.25. The van der Waals surface area contributed by atoms with Gasteiger partial charge in [-0.2, -0.15) is 13.2 Å². The number of hydrogen-bond donors (Lipinski definition) is 1. The lowest BCUT2D eigenvalue weighted by Crippen LogP contribution is -2.09. The summed E-state index contributed by atoms with van der Waals surface area (Å²) < 4.78 is 35.3. The van der Waals surface area contributed by atoms with E-state index >= 15 is 0 Å². The van der Waals surface area contributed by atoms with E-state index in [1.165, 1.54) is 11.3 Å². The Hall–Kier alpha value is -0.430. The molecule has 0 aromatic carbocycles. The van der Waals surface area contributed by atoms with Gasteiger partial charge in [0.2, 0.25) is 0 Å². The van der Waals surface area contributed by atoms with Crippen molar-refractivity contribution in [3.05, 3.63) is 10.6 Å². The van der Waals surface area contributed by atoms with Gasteiger partial charge in [0.1, 0.15) is 0 Å². The van der Waals surface area contributed by atoms with Crippen LogP contribution >= 0.6 is 23.1 Å². The molecule has 0 aliphatic heterocycles. The van der Waals surface area contributed by atoms with Crippen molar-refractivity contribution in [1.29, 1.82) is 0 Å². The van der Waals surface area contributed by atoms with Gasteiger partial charge in [0.15, 0.2) is 5.13 Å². The van der Waals surface area contributed by atoms with Crippen LogP contribution in [0, 0.1) is 13.8 Å². The normalized spacial score (nSPS) is 11.8. The molecule has 0 saturated heterocycles. The Balaban J connectivity index is 2.26. The van der Waals surface area contributed by atoms with E-state index in [9.17, 15) is 13.2 Å². The summed E-state index contributed by atoms with van der Waals surface area (Å²) in [7, 11) is 0. The fraction of sp³-hybridized carbons (Fsp3) is 0.625. The highest BCUT2D eigenvalue weighted by molar-refractivity contribution is 8.00. The zero-order valence-corrected chi connectivity index (χ0v) is 9.94. The summed E-state index contributed by atoms with van der Waals surface area (Å²) in [6.07, 6.45) is 0. The van der Waals surface area contributed by atoms with Crippen molar-refractivity contribution in [3.63, 3.8) is 0 Å². The molecule has 1 aromatic heterocycles. The van der Waals surface area contributed by atoms with E-state index in [1.54, 1.807) is 0 Å². The molecule has 2 nitrogen and oxygen atoms in total. The topological polar surface area (TPSA) is 24.9 Å². The number of nitrogens with one attached hydrogen (secondary N) is 1. The van der Waals surface area contributed by atoms with Gasteiger partial charge >= 0.3 is 5.51 Å². The predicted molar refractivity (Wildman–Crippen MR) is 58.6 cm³/mol. The maximum absolute atomic E-state index is 11.8. The molecule has 1 rings (SSSR count). The zero-order chi connectivity index (χ0) is 11.5. The Kier molecular flexibility index (Phi) is 4.27. The lowest BCUT2D eigenvalue weighted by atomic mass is 10.4. The summed E-state index contributed by atoms with van der Waals surface area (Å²) >= 11 is 1.44. The van der Waals surface area contributed by atoms with E-state index in [0.29, 0.717) is 5.13 Å². The maximum Gasteiger partial charge on any atom is 0.441 e. The Morgan fingerprint density at radius 1 is 1.40 bits per heavy atom. The minimum atomic E-state index is -4.14. The van der Waals surface area contributed by atoms with Crippen molar-refractivity contribution >= 4 is 28.2 Å². The molecule has 0 amide bonds. The van der Waals surface area contributed by atoms with Gasteiger partial charge in [-0.25, -0.2) is 4.98 Å². The molecule has 0 aliphatic rings. The molecule has 1 heterocycles. The molecule has 0 atom stereocenters. The van der Waals surface area contributed by atoms with Crippen LogP contribution in [-0.4, -0.2) is 22.8 Å². The fourth-order valence-electron chi connectivity index (χ4n) is 0.873. The number of halogens is 3. The van der Waals surface area contributed by atoms with Crippen LogP contribution in [0.25, 0.3) is 0 Å². The van der Waals surface area contributed by atoms with Gasteiger partial charge in [-0.05, 0) is 25.6 Å². The first-order valence-electron chi connectivity index (χ1n) is 4.27. The monoisotopic (exact) mass is 256 g/mol. The first-order valence-corrected chi connectivity index (χ1v) is 6.07. The average molecular weight is 256 g/mol. The molecule has 0 spiro atoms. The van der Waals surface area contributed by atoms with Crippen LogP contribution in [0.2, 0.25) is 0 Å². The number of rotatable bonds is 4. The minimum absolute atomic E-state index is 0.00117. The largest absolute Gasteiger partial charge is 0.441 e. The number of alkyl halides is 3. The van der Waals surface area contributed by atoms with Crippen molar-refractivity contribution in [2.75, 3.05) is 17.6 Å². The molecular formula is C8H11F3N2S2. The average Bonchev–Trinajstić information content (AvgIpc) is 2.39. The van der Waals surface area contributed by atoms with Crippen LogP contribution in [-0.2, 0) is 0 Å². The highest BCUT2D eigenvalue weighted by Gasteiger charge is 2.27. The Morgan fingerprint density at radius 3 is 2.53 bits per heavy atom. The SMILES string of the molecule is Cc1nc(NCCSC(F)(F)F)sc1C. The zero-order valence-electron chi connectivity index (χ0n) is 8.31. The second-order valence-corrected chi connectivity index (χ2v) is 5.24. The first kappa shape index (κ1) is 12.6. The van der Waals surface area contributed by atoms with Gasteiger partial charge in [-0.3, -0.25) is 0 Å². The van der Waals surface area contributed by atoms with Crippen molar-refractivity contribution < 1.29 is 13.2 Å². The van der Waals surface area contributed by atoms with Crippen LogP contribution in [0.15, 0.2) is 0 Å². The van der Waals surface area contributed by atoms with Crippen LogP contribution in [0.4, 0.5) is 18.3 Å². The molecule has 1 aromatic rings. The van der Waals surface area contributed by atoms with E-state index in [1.807, 2.05) is 13.8 Å². The van der Waals surface area contributed by atoms with E-state index in [-0.39, 0.29) is 24.1 Å². The molecule has 7 heteroatoms. The third-order valence-electron chi connectivity index (χ3n) is 1.67. The fourth-order valence-corrected chi connectivity index (χ4v) is 2.15. The third-order valence-corrected chi connectivity index (χ3v) is 3.44. The molecule has 0 fully saturated rings. The number of thiazole rings is 1. The molecule has 0 unspecified atom stereocenters. The van der Waals surface area contributed by atoms with Crippen LogP contribution in [0.5, 0.6) is 0 Å². The molecule has 15 heavy (non-hydrogen) atoms. The van der Waals surface area contributed by atoms with Gasteiger partial charge in [0.25, 0.3) is 0 Å². The van der Waals surface area contributed by atoms with Crippen molar-refractivity contribution in [1.82, 2.24) is 4.98 Å². The van der Waals surface area contributed by atoms with Crippen LogP contribution < -0.4 is 5.32 Å². The first-order chi connectivity index (χ1) is 6.88. The van der Waals surface area contributed by atoms with Crippen LogP contribution in [0.1, 0.15) is 10.6 Å². The van der Waals surface area contributed by atoms with Gasteiger partial charge in [0.05, 0.1) is 5.69 Å². The number of thioether (sulfide) groups is 1. The Labute approximate surface area is 94.3 Å². The van der Waals surface area contributed by atoms with Gasteiger partial charge < -0.3 is 5.32 Å². The molecule has 0 aliphatic carbocycles. The minimum Gasteiger partial charge on any atom is -0.361 e. The second kappa shape index (κ2) is 5.07. The highest BCUT2D eigenvalue weighted by atomic mass is 32.2. The molecule has 0 saturated carbocycles. The number of aryl methyl sites for hydroxylation is 2. The van der Waals surface area contributed by atoms with E-state index in [2.05, 4.69) is 10.3 Å². The highest BCUT2D eigenvalue weighted by Crippen LogP contribution is 2.29. The predicted octanol–water partition coefficient (Wildman–Crippen LogP) is 3.42. The number of hydrogen-bond acceptors (Lipinski definition) is 4. The summed E-state index contributed by atoms with van der Waals surface area (Å²) in [6.45, 7) is 4.08. The van der Waals surface area contributed by atoms with E-state index in [4.69, 9.17) is 0 Å². The summed E-state index contributed by atoms with van der Waals surface area (Å²) in [5, 5.41) is 3.55. The van der Waals surface area contributed by atoms with Crippen LogP contribution in [0.3, 0.4) is 0 Å². The third kappa shape index (κ3) is 4.74. The standard InChI is InChI=1S/C8H11F3N2S2/c1-5-6(2)15-7(13-5)12-3-4-14-8(9,10)11/h3-4H2,1-2H3,(H,12,13). The summed E-state index contributed by atoms with van der Waals surface area (Å²) in [6, 6.07) is 0. The smallest absolute Gasteiger partial charge is 0.361 e. The molecule has 1 N–H and O–H groups in total. The molecular weight excluding hydrogens is 245 g/mol. The Morgan fingerprint density at radius 2 is 2.07 bits per heavy atom. The Bertz CT molecular complexity index is 303. The second-order valence-electron chi connectivity index (χ2n) is 2.88. The number of aromatic nitrogens is 1. The van der Waals surface area contributed by atoms with E-state index in [0.717, 1.165) is 10.6 Å². The van der Waals surface area contributed by atoms with Gasteiger partial charge in [0, 0.05) is 17.2 Å². The van der Waals surface area contributed by atoms with Crippen molar-refractivity contribution in [2.24, 2.45) is 0 Å². The molecule has 86 valence electrons. The quantitative estimate of drug-likeness (QED) is 0.835. The molecule has 0 bridgehead atoms. The van der Waals surface area contributed by atoms with Gasteiger partial charge in [-0.15, -0.1) is 11.3 Å². The number of nitrogens with zero attached hydrogens (tertiary/aromatic N) is 1. The summed E-state index contributed by atoms with van der Waals surface area (Å²) in [5.41, 5.74) is -3.22. The lowest BCUT2D eigenvalue weighted by Gasteiger charge is -2.05.